The average molecular weight is 433 g/mol. The van der Waals surface area contributed by atoms with Crippen LogP contribution in [0.25, 0.3) is 0 Å². The van der Waals surface area contributed by atoms with Gasteiger partial charge in [0, 0.05) is 0 Å². The Balaban J connectivity index is 2.02. The number of hydrogen-bond donors (Lipinski definition) is 0. The van der Waals surface area contributed by atoms with Crippen LogP contribution in [0.5, 0.6) is 0 Å². The minimum absolute atomic E-state index is 1.02. The molecule has 0 aliphatic carbocycles. The Morgan fingerprint density at radius 1 is 0.481 bits per heavy atom. The number of benzene rings is 4. The molecule has 4 aromatic carbocycles. The van der Waals surface area contributed by atoms with E-state index in [-0.39, 0.29) is 0 Å². The Labute approximate surface area is 170 Å². The zero-order valence-electron chi connectivity index (χ0n) is 15.1. The Kier molecular flexibility index (Phi) is 5.53. The van der Waals surface area contributed by atoms with Gasteiger partial charge in [0.25, 0.3) is 0 Å². The maximum atomic E-state index is 3.79. The number of halogens is 1. The normalized spacial score (nSPS) is 11.9. The van der Waals surface area contributed by atoms with Gasteiger partial charge in [-0.25, -0.2) is 0 Å². The van der Waals surface area contributed by atoms with E-state index in [0.717, 1.165) is 6.16 Å². The molecule has 0 unspecified atom stereocenters. The molecule has 0 atom stereocenters. The first kappa shape index (κ1) is 18.2. The summed E-state index contributed by atoms with van der Waals surface area (Å²) in [5.41, 5.74) is 1.36. The molecule has 0 fully saturated rings. The van der Waals surface area contributed by atoms with Crippen LogP contribution in [0.15, 0.2) is 120 Å². The van der Waals surface area contributed by atoms with Gasteiger partial charge in [-0.1, -0.05) is 0 Å². The van der Waals surface area contributed by atoms with E-state index in [9.17, 15) is 0 Å². The summed E-state index contributed by atoms with van der Waals surface area (Å²) in [6.07, 6.45) is 1.02. The molecule has 4 rings (SSSR count). The molecule has 0 aromatic heterocycles. The third kappa shape index (κ3) is 3.63. The first-order valence-electron chi connectivity index (χ1n) is 9.21. The summed E-state index contributed by atoms with van der Waals surface area (Å²) in [4.78, 5) is 0. The van der Waals surface area contributed by atoms with Crippen LogP contribution in [0.1, 0.15) is 5.56 Å². The molecule has 0 saturated heterocycles. The molecule has 27 heavy (non-hydrogen) atoms. The summed E-state index contributed by atoms with van der Waals surface area (Å²) >= 11 is 3.79. The van der Waals surface area contributed by atoms with E-state index in [1.165, 1.54) is 25.9 Å². The Hall–Kier alpha value is -2.21. The van der Waals surface area contributed by atoms with E-state index in [1.54, 1.807) is 0 Å². The van der Waals surface area contributed by atoms with Crippen molar-refractivity contribution in [3.8, 4) is 0 Å². The third-order valence-corrected chi connectivity index (χ3v) is 10.9. The van der Waals surface area contributed by atoms with Gasteiger partial charge in [0.15, 0.2) is 0 Å². The Morgan fingerprint density at radius 2 is 0.852 bits per heavy atom. The zero-order chi connectivity index (χ0) is 18.5. The molecule has 0 saturated carbocycles. The van der Waals surface area contributed by atoms with Crippen LogP contribution in [0.4, 0.5) is 0 Å². The average Bonchev–Trinajstić information content (AvgIpc) is 2.75. The van der Waals surface area contributed by atoms with E-state index in [2.05, 4.69) is 131 Å². The van der Waals surface area contributed by atoms with Gasteiger partial charge in [0.05, 0.1) is 0 Å². The summed E-state index contributed by atoms with van der Waals surface area (Å²) in [5.74, 6) is 0. The summed E-state index contributed by atoms with van der Waals surface area (Å²) in [5, 5.41) is 4.33. The molecule has 0 bridgehead atoms. The van der Waals surface area contributed by atoms with Gasteiger partial charge in [0.1, 0.15) is 0 Å². The van der Waals surface area contributed by atoms with Gasteiger partial charge in [-0.05, 0) is 0 Å². The number of rotatable bonds is 5. The van der Waals surface area contributed by atoms with E-state index >= 15 is 0 Å². The van der Waals surface area contributed by atoms with Gasteiger partial charge < -0.3 is 0 Å². The summed E-state index contributed by atoms with van der Waals surface area (Å²) < 4.78 is 1.18. The van der Waals surface area contributed by atoms with E-state index < -0.39 is 7.26 Å². The Bertz CT molecular complexity index is 901. The van der Waals surface area contributed by atoms with Crippen molar-refractivity contribution >= 4 is 39.1 Å². The van der Waals surface area contributed by atoms with Crippen molar-refractivity contribution in [2.45, 2.75) is 6.16 Å². The monoisotopic (exact) mass is 432 g/mol. The maximum absolute atomic E-state index is 3.79. The van der Waals surface area contributed by atoms with Crippen LogP contribution in [0.2, 0.25) is 0 Å². The molecule has 0 aliphatic heterocycles. The van der Waals surface area contributed by atoms with Crippen LogP contribution in [0, 0.1) is 0 Å². The zero-order valence-corrected chi connectivity index (χ0v) is 17.6. The third-order valence-electron chi connectivity index (χ3n) is 5.21. The second kappa shape index (κ2) is 8.21. The quantitative estimate of drug-likeness (QED) is 0.356. The van der Waals surface area contributed by atoms with Crippen molar-refractivity contribution in [2.24, 2.45) is 0 Å². The van der Waals surface area contributed by atoms with Crippen molar-refractivity contribution in [1.29, 1.82) is 0 Å². The molecule has 0 N–H and O–H groups in total. The van der Waals surface area contributed by atoms with E-state index in [0.29, 0.717) is 0 Å². The second-order valence-corrected chi connectivity index (χ2v) is 11.5. The van der Waals surface area contributed by atoms with E-state index in [1.807, 2.05) is 0 Å². The molecule has 0 amide bonds. The van der Waals surface area contributed by atoms with Crippen LogP contribution >= 0.6 is 23.2 Å². The van der Waals surface area contributed by atoms with Crippen molar-refractivity contribution in [1.82, 2.24) is 0 Å². The van der Waals surface area contributed by atoms with Gasteiger partial charge in [0.2, 0.25) is 0 Å². The molecule has 4 aromatic rings. The van der Waals surface area contributed by atoms with Gasteiger partial charge in [-0.15, -0.1) is 0 Å². The predicted molar refractivity (Wildman–Crippen MR) is 124 cm³/mol. The first-order valence-corrected chi connectivity index (χ1v) is 12.2. The van der Waals surface area contributed by atoms with Crippen molar-refractivity contribution in [3.63, 3.8) is 0 Å². The fourth-order valence-corrected chi connectivity index (χ4v) is 9.36. The van der Waals surface area contributed by atoms with Crippen molar-refractivity contribution in [3.05, 3.63) is 125 Å². The molecule has 0 heterocycles. The molecule has 0 spiro atoms. The van der Waals surface area contributed by atoms with Crippen molar-refractivity contribution in [2.75, 3.05) is 0 Å². The molecular formula is C25H22BrP. The van der Waals surface area contributed by atoms with Gasteiger partial charge in [-0.2, -0.15) is 0 Å². The van der Waals surface area contributed by atoms with Crippen LogP contribution in [-0.2, 0) is 6.16 Å². The van der Waals surface area contributed by atoms with Crippen molar-refractivity contribution < 1.29 is 0 Å². The minimum atomic E-state index is -2.23. The van der Waals surface area contributed by atoms with Crippen LogP contribution in [0.3, 0.4) is 0 Å². The summed E-state index contributed by atoms with van der Waals surface area (Å²) in [7, 11) is -2.23. The predicted octanol–water partition coefficient (Wildman–Crippen LogP) is 5.68. The standard InChI is InChI=1S/C25H22BrP/c26-25-19-11-10-12-21(25)20-27(22-13-4-1-5-14-22,23-15-6-2-7-16-23)24-17-8-3-9-18-24/h1-19,27H,20H2. The fraction of sp³-hybridized carbons (Fsp3) is 0.0400. The van der Waals surface area contributed by atoms with Crippen LogP contribution < -0.4 is 15.9 Å². The summed E-state index contributed by atoms with van der Waals surface area (Å²) in [6, 6.07) is 41.8. The second-order valence-electron chi connectivity index (χ2n) is 6.77. The SMILES string of the molecule is Brc1ccccc1C[PH](c1ccccc1)(c1ccccc1)c1ccccc1. The summed E-state index contributed by atoms with van der Waals surface area (Å²) in [6.45, 7) is 0. The first-order chi connectivity index (χ1) is 13.3. The van der Waals surface area contributed by atoms with Gasteiger partial charge in [-0.3, -0.25) is 0 Å². The molecule has 2 heteroatoms. The van der Waals surface area contributed by atoms with Crippen LogP contribution in [-0.4, -0.2) is 0 Å². The van der Waals surface area contributed by atoms with E-state index in [4.69, 9.17) is 0 Å². The fourth-order valence-electron chi connectivity index (χ4n) is 3.90. The molecule has 134 valence electrons. The topological polar surface area (TPSA) is 0 Å². The molecule has 0 aliphatic rings. The Morgan fingerprint density at radius 3 is 1.26 bits per heavy atom. The molecular weight excluding hydrogens is 411 g/mol. The molecule has 0 radical (unpaired) electrons. The molecule has 0 nitrogen and oxygen atoms in total. The van der Waals surface area contributed by atoms with Gasteiger partial charge >= 0.3 is 171 Å². The number of hydrogen-bond acceptors (Lipinski definition) is 0.